The quantitative estimate of drug-likeness (QED) is 0.793. The molecular formula is C19H20FN3O3. The van der Waals surface area contributed by atoms with Gasteiger partial charge in [0.15, 0.2) is 0 Å². The van der Waals surface area contributed by atoms with Crippen LogP contribution in [0.15, 0.2) is 42.5 Å². The molecule has 0 fully saturated rings. The molecule has 1 aliphatic rings. The molecule has 0 unspecified atom stereocenters. The van der Waals surface area contributed by atoms with E-state index in [9.17, 15) is 9.18 Å². The van der Waals surface area contributed by atoms with E-state index in [-0.39, 0.29) is 18.5 Å². The van der Waals surface area contributed by atoms with E-state index in [0.717, 1.165) is 5.56 Å². The summed E-state index contributed by atoms with van der Waals surface area (Å²) in [5, 5.41) is 0. The van der Waals surface area contributed by atoms with Gasteiger partial charge in [0, 0.05) is 12.1 Å². The summed E-state index contributed by atoms with van der Waals surface area (Å²) in [5.41, 5.74) is 2.75. The fourth-order valence-electron chi connectivity index (χ4n) is 2.74. The van der Waals surface area contributed by atoms with Gasteiger partial charge in [-0.2, -0.15) is 0 Å². The summed E-state index contributed by atoms with van der Waals surface area (Å²) >= 11 is 0. The molecule has 0 atom stereocenters. The summed E-state index contributed by atoms with van der Waals surface area (Å²) in [5.74, 6) is 0.523. The lowest BCUT2D eigenvalue weighted by Crippen LogP contribution is -2.37. The van der Waals surface area contributed by atoms with Gasteiger partial charge in [0.05, 0.1) is 31.5 Å². The van der Waals surface area contributed by atoms with Crippen LogP contribution in [0.4, 0.5) is 10.1 Å². The predicted octanol–water partition coefficient (Wildman–Crippen LogP) is 3.33. The van der Waals surface area contributed by atoms with Gasteiger partial charge in [-0.05, 0) is 42.2 Å². The van der Waals surface area contributed by atoms with Crippen molar-refractivity contribution in [3.63, 3.8) is 0 Å². The molecule has 1 aliphatic heterocycles. The zero-order valence-electron chi connectivity index (χ0n) is 14.7. The largest absolute Gasteiger partial charge is 0.489 e. The third-order valence-corrected chi connectivity index (χ3v) is 4.30. The van der Waals surface area contributed by atoms with Crippen molar-refractivity contribution in [1.82, 2.24) is 9.97 Å². The van der Waals surface area contributed by atoms with Crippen molar-refractivity contribution >= 4 is 11.6 Å². The maximum absolute atomic E-state index is 12.8. The lowest BCUT2D eigenvalue weighted by Gasteiger charge is -2.28. The third-order valence-electron chi connectivity index (χ3n) is 4.30. The molecule has 1 amide bonds. The minimum atomic E-state index is -0.107. The molecule has 0 spiro atoms. The highest BCUT2D eigenvalue weighted by atomic mass is 19.1. The molecular weight excluding hydrogens is 337 g/mol. The van der Waals surface area contributed by atoms with Gasteiger partial charge in [0.2, 0.25) is 0 Å². The summed E-state index contributed by atoms with van der Waals surface area (Å²) < 4.78 is 23.2. The SMILES string of the molecule is CC/C(=C/F)COc1ccc2c(c1)CCN(c1cnc(OC)nc1)C2=O. The number of amides is 1. The number of aromatic nitrogens is 2. The van der Waals surface area contributed by atoms with Gasteiger partial charge in [0.1, 0.15) is 12.4 Å². The Bertz CT molecular complexity index is 821. The predicted molar refractivity (Wildman–Crippen MR) is 95.4 cm³/mol. The number of benzene rings is 1. The van der Waals surface area contributed by atoms with Crippen LogP contribution >= 0.6 is 0 Å². The van der Waals surface area contributed by atoms with Crippen LogP contribution in [-0.4, -0.2) is 36.1 Å². The number of fused-ring (bicyclic) bond motifs is 1. The zero-order chi connectivity index (χ0) is 18.5. The molecule has 2 aromatic rings. The number of hydrogen-bond acceptors (Lipinski definition) is 5. The van der Waals surface area contributed by atoms with Crippen LogP contribution in [0, 0.1) is 0 Å². The van der Waals surface area contributed by atoms with Crippen LogP contribution in [-0.2, 0) is 6.42 Å². The molecule has 0 bridgehead atoms. The maximum Gasteiger partial charge on any atom is 0.316 e. The van der Waals surface area contributed by atoms with Gasteiger partial charge in [-0.15, -0.1) is 0 Å². The molecule has 3 rings (SSSR count). The molecule has 0 saturated heterocycles. The Morgan fingerprint density at radius 2 is 2.12 bits per heavy atom. The van der Waals surface area contributed by atoms with Crippen molar-refractivity contribution in [2.45, 2.75) is 19.8 Å². The third kappa shape index (κ3) is 3.66. The Kier molecular flexibility index (Phi) is 5.46. The molecule has 0 aliphatic carbocycles. The smallest absolute Gasteiger partial charge is 0.316 e. The second-order valence-electron chi connectivity index (χ2n) is 5.86. The minimum absolute atomic E-state index is 0.107. The normalized spacial score (nSPS) is 14.2. The molecule has 7 heteroatoms. The van der Waals surface area contributed by atoms with Gasteiger partial charge in [-0.3, -0.25) is 4.79 Å². The van der Waals surface area contributed by atoms with Crippen molar-refractivity contribution in [3.8, 4) is 11.8 Å². The summed E-state index contributed by atoms with van der Waals surface area (Å²) in [4.78, 5) is 22.5. The Labute approximate surface area is 151 Å². The lowest BCUT2D eigenvalue weighted by atomic mass is 9.98. The van der Waals surface area contributed by atoms with E-state index in [4.69, 9.17) is 9.47 Å². The lowest BCUT2D eigenvalue weighted by molar-refractivity contribution is 0.0980. The van der Waals surface area contributed by atoms with Gasteiger partial charge in [-0.25, -0.2) is 14.4 Å². The summed E-state index contributed by atoms with van der Waals surface area (Å²) in [7, 11) is 1.49. The first-order valence-corrected chi connectivity index (χ1v) is 8.38. The summed E-state index contributed by atoms with van der Waals surface area (Å²) in [6.45, 7) is 2.60. The summed E-state index contributed by atoms with van der Waals surface area (Å²) in [6.07, 6.45) is 5.00. The minimum Gasteiger partial charge on any atom is -0.489 e. The standard InChI is InChI=1S/C19H20FN3O3/c1-3-13(9-20)12-26-16-4-5-17-14(8-16)6-7-23(18(17)24)15-10-21-19(25-2)22-11-15/h4-5,8-11H,3,6-7,12H2,1-2H3/b13-9-. The number of methoxy groups -OCH3 is 1. The molecule has 1 aromatic heterocycles. The van der Waals surface area contributed by atoms with Crippen LogP contribution in [0.1, 0.15) is 29.3 Å². The molecule has 0 radical (unpaired) electrons. The Morgan fingerprint density at radius 1 is 1.35 bits per heavy atom. The molecule has 2 heterocycles. The zero-order valence-corrected chi connectivity index (χ0v) is 14.7. The van der Waals surface area contributed by atoms with Crippen molar-refractivity contribution in [2.24, 2.45) is 0 Å². The average molecular weight is 357 g/mol. The Balaban J connectivity index is 1.76. The molecule has 0 N–H and O–H groups in total. The van der Waals surface area contributed by atoms with Gasteiger partial charge < -0.3 is 14.4 Å². The number of hydrogen-bond donors (Lipinski definition) is 0. The molecule has 26 heavy (non-hydrogen) atoms. The van der Waals surface area contributed by atoms with Crippen LogP contribution in [0.2, 0.25) is 0 Å². The molecule has 1 aromatic carbocycles. The first kappa shape index (κ1) is 17.8. The number of rotatable bonds is 6. The van der Waals surface area contributed by atoms with Crippen LogP contribution < -0.4 is 14.4 Å². The van der Waals surface area contributed by atoms with Crippen molar-refractivity contribution < 1.29 is 18.7 Å². The molecule has 0 saturated carbocycles. The fourth-order valence-corrected chi connectivity index (χ4v) is 2.74. The van der Waals surface area contributed by atoms with Gasteiger partial charge in [0.25, 0.3) is 5.91 Å². The number of ether oxygens (including phenoxy) is 2. The van der Waals surface area contributed by atoms with Crippen LogP contribution in [0.3, 0.4) is 0 Å². The van der Waals surface area contributed by atoms with Crippen molar-refractivity contribution in [2.75, 3.05) is 25.2 Å². The van der Waals surface area contributed by atoms with Gasteiger partial charge in [-0.1, -0.05) is 6.92 Å². The van der Waals surface area contributed by atoms with E-state index in [1.54, 1.807) is 29.4 Å². The number of nitrogens with zero attached hydrogens (tertiary/aromatic N) is 3. The van der Waals surface area contributed by atoms with Crippen LogP contribution in [0.5, 0.6) is 11.8 Å². The second kappa shape index (κ2) is 7.95. The number of carbonyl (C=O) groups excluding carboxylic acids is 1. The first-order chi connectivity index (χ1) is 12.7. The first-order valence-electron chi connectivity index (χ1n) is 8.38. The highest BCUT2D eigenvalue weighted by molar-refractivity contribution is 6.08. The topological polar surface area (TPSA) is 64.6 Å². The monoisotopic (exact) mass is 357 g/mol. The van der Waals surface area contributed by atoms with E-state index in [2.05, 4.69) is 9.97 Å². The van der Waals surface area contributed by atoms with Crippen molar-refractivity contribution in [1.29, 1.82) is 0 Å². The van der Waals surface area contributed by atoms with E-state index < -0.39 is 0 Å². The Morgan fingerprint density at radius 3 is 2.77 bits per heavy atom. The molecule has 136 valence electrons. The Hall–Kier alpha value is -2.96. The number of carbonyl (C=O) groups is 1. The van der Waals surface area contributed by atoms with E-state index in [0.29, 0.717) is 48.3 Å². The van der Waals surface area contributed by atoms with Crippen molar-refractivity contribution in [3.05, 3.63) is 53.6 Å². The maximum atomic E-state index is 12.8. The molecule has 6 nitrogen and oxygen atoms in total. The summed E-state index contributed by atoms with van der Waals surface area (Å²) in [6, 6.07) is 5.58. The highest BCUT2D eigenvalue weighted by Gasteiger charge is 2.26. The average Bonchev–Trinajstić information content (AvgIpc) is 2.69. The van der Waals surface area contributed by atoms with E-state index in [1.807, 2.05) is 13.0 Å². The highest BCUT2D eigenvalue weighted by Crippen LogP contribution is 2.27. The van der Waals surface area contributed by atoms with E-state index >= 15 is 0 Å². The number of halogens is 1. The van der Waals surface area contributed by atoms with E-state index in [1.165, 1.54) is 7.11 Å². The second-order valence-corrected chi connectivity index (χ2v) is 5.86. The fraction of sp³-hybridized carbons (Fsp3) is 0.316. The van der Waals surface area contributed by atoms with Crippen LogP contribution in [0.25, 0.3) is 0 Å². The number of anilines is 1. The van der Waals surface area contributed by atoms with Gasteiger partial charge >= 0.3 is 6.01 Å².